The number of carbonyl (C=O) groups is 2. The number of anilines is 2. The summed E-state index contributed by atoms with van der Waals surface area (Å²) in [4.78, 5) is 23.6. The summed E-state index contributed by atoms with van der Waals surface area (Å²) in [7, 11) is 1.54. The fourth-order valence-corrected chi connectivity index (χ4v) is 2.65. The molecule has 1 saturated carbocycles. The average Bonchev–Trinajstić information content (AvgIpc) is 2.56. The number of methoxy groups -OCH3 is 1. The molecule has 1 aliphatic carbocycles. The first-order chi connectivity index (χ1) is 11.7. The molecule has 2 rings (SSSR count). The van der Waals surface area contributed by atoms with Crippen molar-refractivity contribution >= 4 is 23.5 Å². The molecule has 24 heavy (non-hydrogen) atoms. The van der Waals surface area contributed by atoms with Crippen LogP contribution in [0.4, 0.5) is 21.0 Å². The standard InChI is InChI=1S/C17H25N3O4/c1-23-10-11-24-17(22)20-15-9-5-8-14(12-15)19-16(21)18-13-6-3-2-4-7-13/h5,8-9,12-13H,2-4,6-7,10-11H2,1H3,(H,20,22)(H2,18,19,21). The molecule has 1 aromatic rings. The van der Waals surface area contributed by atoms with Crippen molar-refractivity contribution in [2.45, 2.75) is 38.1 Å². The Morgan fingerprint density at radius 2 is 1.79 bits per heavy atom. The van der Waals surface area contributed by atoms with E-state index in [1.54, 1.807) is 24.3 Å². The molecule has 7 heteroatoms. The van der Waals surface area contributed by atoms with E-state index in [1.165, 1.54) is 13.5 Å². The first kappa shape index (κ1) is 18.1. The molecule has 0 saturated heterocycles. The smallest absolute Gasteiger partial charge is 0.411 e. The zero-order chi connectivity index (χ0) is 17.2. The third-order valence-electron chi connectivity index (χ3n) is 3.83. The van der Waals surface area contributed by atoms with Gasteiger partial charge in [0, 0.05) is 24.5 Å². The van der Waals surface area contributed by atoms with Gasteiger partial charge in [-0.2, -0.15) is 0 Å². The summed E-state index contributed by atoms with van der Waals surface area (Å²) in [5, 5.41) is 8.39. The molecule has 132 valence electrons. The molecule has 0 bridgehead atoms. The van der Waals surface area contributed by atoms with E-state index in [-0.39, 0.29) is 18.7 Å². The number of carbonyl (C=O) groups excluding carboxylic acids is 2. The van der Waals surface area contributed by atoms with Crippen LogP contribution in [-0.2, 0) is 9.47 Å². The van der Waals surface area contributed by atoms with Gasteiger partial charge in [0.05, 0.1) is 6.61 Å². The number of ether oxygens (including phenoxy) is 2. The highest BCUT2D eigenvalue weighted by molar-refractivity contribution is 5.91. The van der Waals surface area contributed by atoms with Gasteiger partial charge in [-0.1, -0.05) is 25.3 Å². The van der Waals surface area contributed by atoms with E-state index < -0.39 is 6.09 Å². The molecule has 3 amide bonds. The Morgan fingerprint density at radius 3 is 2.50 bits per heavy atom. The Labute approximate surface area is 142 Å². The summed E-state index contributed by atoms with van der Waals surface area (Å²) in [5.41, 5.74) is 1.16. The molecule has 0 aromatic heterocycles. The summed E-state index contributed by atoms with van der Waals surface area (Å²) >= 11 is 0. The van der Waals surface area contributed by atoms with E-state index in [4.69, 9.17) is 9.47 Å². The van der Waals surface area contributed by atoms with E-state index in [0.29, 0.717) is 18.0 Å². The molecule has 1 aromatic carbocycles. The highest BCUT2D eigenvalue weighted by Gasteiger charge is 2.15. The molecule has 1 aliphatic rings. The molecule has 1 fully saturated rings. The molecule has 3 N–H and O–H groups in total. The lowest BCUT2D eigenvalue weighted by Crippen LogP contribution is -2.39. The fraction of sp³-hybridized carbons (Fsp3) is 0.529. The van der Waals surface area contributed by atoms with Crippen molar-refractivity contribution in [1.82, 2.24) is 5.32 Å². The number of rotatable bonds is 6. The zero-order valence-corrected chi connectivity index (χ0v) is 14.0. The molecule has 7 nitrogen and oxygen atoms in total. The van der Waals surface area contributed by atoms with E-state index in [2.05, 4.69) is 16.0 Å². The average molecular weight is 335 g/mol. The highest BCUT2D eigenvalue weighted by Crippen LogP contribution is 2.18. The highest BCUT2D eigenvalue weighted by atomic mass is 16.6. The SMILES string of the molecule is COCCOC(=O)Nc1cccc(NC(=O)NC2CCCCC2)c1. The first-order valence-electron chi connectivity index (χ1n) is 8.27. The second-order valence-electron chi connectivity index (χ2n) is 5.77. The summed E-state index contributed by atoms with van der Waals surface area (Å²) in [5.74, 6) is 0. The molecule has 0 aliphatic heterocycles. The lowest BCUT2D eigenvalue weighted by atomic mass is 9.96. The Kier molecular flexibility index (Phi) is 7.35. The second-order valence-corrected chi connectivity index (χ2v) is 5.77. The maximum absolute atomic E-state index is 12.0. The van der Waals surface area contributed by atoms with Crippen molar-refractivity contribution < 1.29 is 19.1 Å². The molecule has 0 heterocycles. The van der Waals surface area contributed by atoms with Crippen molar-refractivity contribution in [3.63, 3.8) is 0 Å². The summed E-state index contributed by atoms with van der Waals surface area (Å²) < 4.78 is 9.74. The molecule has 0 atom stereocenters. The second kappa shape index (κ2) is 9.77. The van der Waals surface area contributed by atoms with Crippen LogP contribution in [0.2, 0.25) is 0 Å². The van der Waals surface area contributed by atoms with Crippen LogP contribution in [0.5, 0.6) is 0 Å². The first-order valence-corrected chi connectivity index (χ1v) is 8.27. The largest absolute Gasteiger partial charge is 0.447 e. The number of urea groups is 1. The van der Waals surface area contributed by atoms with Crippen molar-refractivity contribution in [3.8, 4) is 0 Å². The maximum Gasteiger partial charge on any atom is 0.411 e. The predicted molar refractivity (Wildman–Crippen MR) is 92.3 cm³/mol. The minimum absolute atomic E-state index is 0.185. The lowest BCUT2D eigenvalue weighted by Gasteiger charge is -2.22. The van der Waals surface area contributed by atoms with Crippen LogP contribution in [0.3, 0.4) is 0 Å². The van der Waals surface area contributed by atoms with E-state index in [9.17, 15) is 9.59 Å². The van der Waals surface area contributed by atoms with Crippen LogP contribution >= 0.6 is 0 Å². The van der Waals surface area contributed by atoms with Crippen LogP contribution in [-0.4, -0.2) is 38.5 Å². The van der Waals surface area contributed by atoms with Crippen LogP contribution < -0.4 is 16.0 Å². The minimum Gasteiger partial charge on any atom is -0.447 e. The van der Waals surface area contributed by atoms with E-state index >= 15 is 0 Å². The Morgan fingerprint density at radius 1 is 1.08 bits per heavy atom. The van der Waals surface area contributed by atoms with Crippen molar-refractivity contribution in [1.29, 1.82) is 0 Å². The maximum atomic E-state index is 12.0. The predicted octanol–water partition coefficient (Wildman–Crippen LogP) is 3.34. The van der Waals surface area contributed by atoms with Crippen LogP contribution in [0, 0.1) is 0 Å². The van der Waals surface area contributed by atoms with Gasteiger partial charge in [0.15, 0.2) is 0 Å². The third kappa shape index (κ3) is 6.45. The van der Waals surface area contributed by atoms with Crippen LogP contribution in [0.25, 0.3) is 0 Å². The van der Waals surface area contributed by atoms with Gasteiger partial charge in [-0.25, -0.2) is 9.59 Å². The van der Waals surface area contributed by atoms with Gasteiger partial charge < -0.3 is 20.1 Å². The summed E-state index contributed by atoms with van der Waals surface area (Å²) in [6, 6.07) is 6.94. The Bertz CT molecular complexity index is 544. The van der Waals surface area contributed by atoms with Crippen molar-refractivity contribution in [3.05, 3.63) is 24.3 Å². The van der Waals surface area contributed by atoms with Gasteiger partial charge in [-0.15, -0.1) is 0 Å². The van der Waals surface area contributed by atoms with Crippen LogP contribution in [0.1, 0.15) is 32.1 Å². The summed E-state index contributed by atoms with van der Waals surface area (Å²) in [6.45, 7) is 0.528. The number of benzene rings is 1. The normalized spacial score (nSPS) is 14.7. The van der Waals surface area contributed by atoms with Gasteiger partial charge >= 0.3 is 12.1 Å². The van der Waals surface area contributed by atoms with Gasteiger partial charge in [-0.3, -0.25) is 5.32 Å². The minimum atomic E-state index is -0.559. The van der Waals surface area contributed by atoms with Gasteiger partial charge in [0.25, 0.3) is 0 Å². The van der Waals surface area contributed by atoms with E-state index in [0.717, 1.165) is 25.7 Å². The quantitative estimate of drug-likeness (QED) is 0.696. The lowest BCUT2D eigenvalue weighted by molar-refractivity contribution is 0.107. The molecule has 0 radical (unpaired) electrons. The summed E-state index contributed by atoms with van der Waals surface area (Å²) in [6.07, 6.45) is 5.07. The Hall–Kier alpha value is -2.28. The van der Waals surface area contributed by atoms with Crippen molar-refractivity contribution in [2.24, 2.45) is 0 Å². The number of hydrogen-bond donors (Lipinski definition) is 3. The molecule has 0 unspecified atom stereocenters. The van der Waals surface area contributed by atoms with E-state index in [1.807, 2.05) is 0 Å². The van der Waals surface area contributed by atoms with Crippen LogP contribution in [0.15, 0.2) is 24.3 Å². The Balaban J connectivity index is 1.80. The topological polar surface area (TPSA) is 88.7 Å². The number of amides is 3. The number of nitrogens with one attached hydrogen (secondary N) is 3. The van der Waals surface area contributed by atoms with Gasteiger partial charge in [-0.05, 0) is 31.0 Å². The van der Waals surface area contributed by atoms with Gasteiger partial charge in [0.1, 0.15) is 6.61 Å². The molecular formula is C17H25N3O4. The van der Waals surface area contributed by atoms with Gasteiger partial charge in [0.2, 0.25) is 0 Å². The third-order valence-corrected chi connectivity index (χ3v) is 3.83. The monoisotopic (exact) mass is 335 g/mol. The molecular weight excluding hydrogens is 310 g/mol. The zero-order valence-electron chi connectivity index (χ0n) is 14.0. The molecule has 0 spiro atoms. The number of hydrogen-bond acceptors (Lipinski definition) is 4. The van der Waals surface area contributed by atoms with Crippen molar-refractivity contribution in [2.75, 3.05) is 31.0 Å². The fourth-order valence-electron chi connectivity index (χ4n) is 2.65.